The van der Waals surface area contributed by atoms with E-state index in [1.54, 1.807) is 6.07 Å². The second-order valence-corrected chi connectivity index (χ2v) is 6.89. The molecule has 29 heavy (non-hydrogen) atoms. The van der Waals surface area contributed by atoms with Gasteiger partial charge >= 0.3 is 0 Å². The first-order valence-electron chi connectivity index (χ1n) is 9.60. The molecule has 0 atom stereocenters. The van der Waals surface area contributed by atoms with E-state index in [9.17, 15) is 4.79 Å². The van der Waals surface area contributed by atoms with Crippen LogP contribution >= 0.6 is 0 Å². The van der Waals surface area contributed by atoms with Crippen LogP contribution in [0.3, 0.4) is 0 Å². The van der Waals surface area contributed by atoms with Crippen LogP contribution in [-0.2, 0) is 0 Å². The number of fused-ring (bicyclic) bond motifs is 4. The van der Waals surface area contributed by atoms with Gasteiger partial charge in [-0.25, -0.2) is 0 Å². The van der Waals surface area contributed by atoms with Gasteiger partial charge in [-0.15, -0.1) is 0 Å². The first-order chi connectivity index (χ1) is 14.3. The number of ether oxygens (including phenoxy) is 1. The molecule has 5 rings (SSSR count). The summed E-state index contributed by atoms with van der Waals surface area (Å²) in [5.74, 6) is 0.876. The van der Waals surface area contributed by atoms with Crippen molar-refractivity contribution in [2.75, 3.05) is 13.2 Å². The van der Waals surface area contributed by atoms with Crippen LogP contribution in [0, 0.1) is 0 Å². The summed E-state index contributed by atoms with van der Waals surface area (Å²) in [6.07, 6.45) is 0. The molecule has 4 heteroatoms. The number of rotatable bonds is 5. The number of amides is 1. The van der Waals surface area contributed by atoms with E-state index in [0.29, 0.717) is 24.5 Å². The Morgan fingerprint density at radius 1 is 0.793 bits per heavy atom. The number of benzene rings is 4. The Bertz CT molecular complexity index is 1330. The summed E-state index contributed by atoms with van der Waals surface area (Å²) in [4.78, 5) is 12.5. The fourth-order valence-electron chi connectivity index (χ4n) is 3.64. The summed E-state index contributed by atoms with van der Waals surface area (Å²) in [7, 11) is 0. The van der Waals surface area contributed by atoms with Gasteiger partial charge in [0.2, 0.25) is 0 Å². The van der Waals surface area contributed by atoms with Gasteiger partial charge in [0.1, 0.15) is 17.9 Å². The van der Waals surface area contributed by atoms with Crippen LogP contribution < -0.4 is 10.1 Å². The van der Waals surface area contributed by atoms with Gasteiger partial charge < -0.3 is 14.5 Å². The zero-order valence-electron chi connectivity index (χ0n) is 15.7. The van der Waals surface area contributed by atoms with Crippen molar-refractivity contribution in [1.29, 1.82) is 0 Å². The van der Waals surface area contributed by atoms with Gasteiger partial charge in [-0.2, -0.15) is 0 Å². The lowest BCUT2D eigenvalue weighted by Crippen LogP contribution is -2.27. The molecular formula is C25H19NO3. The molecule has 0 aliphatic rings. The number of carbonyl (C=O) groups is 1. The minimum atomic E-state index is -0.244. The maximum atomic E-state index is 12.5. The zero-order valence-corrected chi connectivity index (χ0v) is 15.7. The minimum Gasteiger partial charge on any atom is -0.491 e. The molecule has 4 aromatic carbocycles. The number of furan rings is 1. The van der Waals surface area contributed by atoms with E-state index in [4.69, 9.17) is 9.15 Å². The molecule has 0 fully saturated rings. The lowest BCUT2D eigenvalue weighted by Gasteiger charge is -2.09. The minimum absolute atomic E-state index is 0.244. The summed E-state index contributed by atoms with van der Waals surface area (Å²) in [6.45, 7) is 0.767. The average molecular weight is 381 g/mol. The topological polar surface area (TPSA) is 51.5 Å². The van der Waals surface area contributed by atoms with Crippen LogP contribution in [0.4, 0.5) is 0 Å². The first-order valence-corrected chi connectivity index (χ1v) is 9.60. The fourth-order valence-corrected chi connectivity index (χ4v) is 3.64. The van der Waals surface area contributed by atoms with Crippen molar-refractivity contribution < 1.29 is 13.9 Å². The number of carbonyl (C=O) groups excluding carboxylic acids is 1. The molecule has 1 amide bonds. The van der Waals surface area contributed by atoms with E-state index >= 15 is 0 Å². The Morgan fingerprint density at radius 3 is 2.38 bits per heavy atom. The van der Waals surface area contributed by atoms with Crippen LogP contribution in [0.5, 0.6) is 5.75 Å². The Kier molecular flexibility index (Phi) is 4.37. The summed E-state index contributed by atoms with van der Waals surface area (Å²) in [6, 6.07) is 27.8. The molecule has 0 saturated carbocycles. The molecule has 0 unspecified atom stereocenters. The van der Waals surface area contributed by atoms with Crippen molar-refractivity contribution in [3.05, 3.63) is 90.7 Å². The lowest BCUT2D eigenvalue weighted by atomic mass is 10.1. The Labute approximate surface area is 167 Å². The highest BCUT2D eigenvalue weighted by Gasteiger charge is 2.13. The van der Waals surface area contributed by atoms with Gasteiger partial charge in [-0.1, -0.05) is 66.7 Å². The standard InChI is InChI=1S/C25H19NO3/c27-25(24-16-21-19-9-3-1-7-18(19)12-13-23(21)29-24)26-14-15-28-22-11-5-8-17-6-2-4-10-20(17)22/h1-13,16H,14-15H2,(H,26,27). The maximum absolute atomic E-state index is 12.5. The second kappa shape index (κ2) is 7.32. The molecule has 0 aliphatic heterocycles. The molecule has 0 aliphatic carbocycles. The van der Waals surface area contributed by atoms with E-state index in [1.807, 2.05) is 66.7 Å². The van der Waals surface area contributed by atoms with Crippen LogP contribution in [-0.4, -0.2) is 19.1 Å². The van der Waals surface area contributed by atoms with Gasteiger partial charge in [0, 0.05) is 10.8 Å². The van der Waals surface area contributed by atoms with Crippen LogP contribution in [0.2, 0.25) is 0 Å². The third kappa shape index (κ3) is 3.29. The van der Waals surface area contributed by atoms with E-state index in [1.165, 1.54) is 0 Å². The number of hydrogen-bond acceptors (Lipinski definition) is 3. The molecule has 0 spiro atoms. The zero-order chi connectivity index (χ0) is 19.6. The van der Waals surface area contributed by atoms with Crippen molar-refractivity contribution in [1.82, 2.24) is 5.32 Å². The Balaban J connectivity index is 1.27. The number of hydrogen-bond donors (Lipinski definition) is 1. The number of nitrogens with one attached hydrogen (secondary N) is 1. The van der Waals surface area contributed by atoms with E-state index in [-0.39, 0.29) is 5.91 Å². The SMILES string of the molecule is O=C(NCCOc1cccc2ccccc12)c1cc2c(ccc3ccccc32)o1. The summed E-state index contributed by atoms with van der Waals surface area (Å²) < 4.78 is 11.6. The van der Waals surface area contributed by atoms with Crippen LogP contribution in [0.15, 0.2) is 89.3 Å². The second-order valence-electron chi connectivity index (χ2n) is 6.89. The van der Waals surface area contributed by atoms with Crippen LogP contribution in [0.1, 0.15) is 10.6 Å². The van der Waals surface area contributed by atoms with Crippen molar-refractivity contribution in [2.45, 2.75) is 0 Å². The van der Waals surface area contributed by atoms with Gasteiger partial charge in [0.05, 0.1) is 6.54 Å². The van der Waals surface area contributed by atoms with Gasteiger partial charge in [-0.3, -0.25) is 4.79 Å². The molecule has 5 aromatic rings. The molecule has 0 radical (unpaired) electrons. The van der Waals surface area contributed by atoms with E-state index < -0.39 is 0 Å². The summed E-state index contributed by atoms with van der Waals surface area (Å²) in [5, 5.41) is 8.20. The Morgan fingerprint density at radius 2 is 1.52 bits per heavy atom. The van der Waals surface area contributed by atoms with Gasteiger partial charge in [-0.05, 0) is 34.4 Å². The van der Waals surface area contributed by atoms with E-state index in [2.05, 4.69) is 17.4 Å². The predicted molar refractivity (Wildman–Crippen MR) is 115 cm³/mol. The van der Waals surface area contributed by atoms with E-state index in [0.717, 1.165) is 32.7 Å². The molecule has 1 N–H and O–H groups in total. The fraction of sp³-hybridized carbons (Fsp3) is 0.0800. The van der Waals surface area contributed by atoms with Crippen molar-refractivity contribution in [3.8, 4) is 5.75 Å². The summed E-state index contributed by atoms with van der Waals surface area (Å²) in [5.41, 5.74) is 0.709. The molecule has 0 saturated heterocycles. The summed E-state index contributed by atoms with van der Waals surface area (Å²) >= 11 is 0. The normalized spacial score (nSPS) is 11.2. The maximum Gasteiger partial charge on any atom is 0.287 e. The van der Waals surface area contributed by atoms with Crippen LogP contribution in [0.25, 0.3) is 32.5 Å². The predicted octanol–water partition coefficient (Wildman–Crippen LogP) is 5.55. The largest absolute Gasteiger partial charge is 0.491 e. The molecular weight excluding hydrogens is 362 g/mol. The van der Waals surface area contributed by atoms with Gasteiger partial charge in [0.15, 0.2) is 5.76 Å². The third-order valence-electron chi connectivity index (χ3n) is 5.04. The lowest BCUT2D eigenvalue weighted by molar-refractivity contribution is 0.0921. The molecule has 1 aromatic heterocycles. The highest BCUT2D eigenvalue weighted by Crippen LogP contribution is 2.28. The van der Waals surface area contributed by atoms with Crippen molar-refractivity contribution >= 4 is 38.4 Å². The Hall–Kier alpha value is -3.79. The smallest absolute Gasteiger partial charge is 0.287 e. The molecule has 4 nitrogen and oxygen atoms in total. The van der Waals surface area contributed by atoms with Crippen molar-refractivity contribution in [3.63, 3.8) is 0 Å². The van der Waals surface area contributed by atoms with Gasteiger partial charge in [0.25, 0.3) is 5.91 Å². The average Bonchev–Trinajstić information content (AvgIpc) is 3.22. The third-order valence-corrected chi connectivity index (χ3v) is 5.04. The highest BCUT2D eigenvalue weighted by atomic mass is 16.5. The first kappa shape index (κ1) is 17.3. The highest BCUT2D eigenvalue weighted by molar-refractivity contribution is 6.08. The quantitative estimate of drug-likeness (QED) is 0.406. The molecule has 0 bridgehead atoms. The molecule has 142 valence electrons. The molecule has 1 heterocycles. The monoisotopic (exact) mass is 381 g/mol. The van der Waals surface area contributed by atoms with Crippen molar-refractivity contribution in [2.24, 2.45) is 0 Å².